The summed E-state index contributed by atoms with van der Waals surface area (Å²) in [6.45, 7) is 0. The quantitative estimate of drug-likeness (QED) is 0.779. The molecule has 2 bridgehead atoms. The largest absolute Gasteiger partial charge is 0.478 e. The highest BCUT2D eigenvalue weighted by Crippen LogP contribution is 2.44. The minimum absolute atomic E-state index is 0.0845. The Morgan fingerprint density at radius 2 is 2.05 bits per heavy atom. The number of hydrogen-bond donors (Lipinski definition) is 3. The summed E-state index contributed by atoms with van der Waals surface area (Å²) in [5.74, 6) is 0.278. The van der Waals surface area contributed by atoms with E-state index in [0.29, 0.717) is 11.6 Å². The van der Waals surface area contributed by atoms with E-state index in [4.69, 9.17) is 5.11 Å². The van der Waals surface area contributed by atoms with Gasteiger partial charge in [-0.3, -0.25) is 0 Å². The minimum Gasteiger partial charge on any atom is -0.478 e. The normalized spacial score (nSPS) is 26.6. The number of amides is 2. The Morgan fingerprint density at radius 1 is 1.24 bits per heavy atom. The summed E-state index contributed by atoms with van der Waals surface area (Å²) in [6, 6.07) is 4.61. The average Bonchev–Trinajstić information content (AvgIpc) is 3.00. The number of benzene rings is 1. The van der Waals surface area contributed by atoms with Gasteiger partial charge in [-0.2, -0.15) is 0 Å². The van der Waals surface area contributed by atoms with Gasteiger partial charge in [-0.25, -0.2) is 9.59 Å². The van der Waals surface area contributed by atoms with Crippen LogP contribution in [0.5, 0.6) is 0 Å². The molecule has 112 valence electrons. The lowest BCUT2D eigenvalue weighted by atomic mass is 9.95. The highest BCUT2D eigenvalue weighted by atomic mass is 79.9. The third-order valence-corrected chi connectivity index (χ3v) is 5.01. The Hall–Kier alpha value is -1.56. The molecule has 0 radical (unpaired) electrons. The van der Waals surface area contributed by atoms with Crippen LogP contribution >= 0.6 is 15.9 Å². The molecule has 21 heavy (non-hydrogen) atoms. The molecular formula is C15H17BrN2O3. The molecule has 3 N–H and O–H groups in total. The van der Waals surface area contributed by atoms with Crippen LogP contribution in [0.25, 0.3) is 0 Å². The molecule has 2 fully saturated rings. The van der Waals surface area contributed by atoms with Gasteiger partial charge in [0.15, 0.2) is 0 Å². The van der Waals surface area contributed by atoms with Crippen molar-refractivity contribution in [3.05, 3.63) is 28.2 Å². The lowest BCUT2D eigenvalue weighted by Gasteiger charge is -2.23. The molecule has 0 heterocycles. The molecule has 0 aliphatic heterocycles. The van der Waals surface area contributed by atoms with E-state index in [-0.39, 0.29) is 17.6 Å². The Morgan fingerprint density at radius 3 is 2.67 bits per heavy atom. The maximum atomic E-state index is 12.1. The number of hydrogen-bond acceptors (Lipinski definition) is 2. The Kier molecular flexibility index (Phi) is 3.89. The molecule has 2 aliphatic rings. The molecule has 5 nitrogen and oxygen atoms in total. The number of halogens is 1. The second-order valence-corrected chi connectivity index (χ2v) is 6.79. The second kappa shape index (κ2) is 5.67. The predicted molar refractivity (Wildman–Crippen MR) is 82.5 cm³/mol. The van der Waals surface area contributed by atoms with Crippen molar-refractivity contribution in [3.63, 3.8) is 0 Å². The zero-order valence-electron chi connectivity index (χ0n) is 11.4. The molecule has 2 aliphatic carbocycles. The smallest absolute Gasteiger partial charge is 0.337 e. The van der Waals surface area contributed by atoms with Crippen LogP contribution < -0.4 is 10.6 Å². The lowest BCUT2D eigenvalue weighted by Crippen LogP contribution is -2.41. The summed E-state index contributed by atoms with van der Waals surface area (Å²) in [4.78, 5) is 23.3. The number of carboxylic acids is 1. The lowest BCUT2D eigenvalue weighted by molar-refractivity contribution is 0.0698. The number of aromatic carboxylic acids is 1. The van der Waals surface area contributed by atoms with E-state index in [1.807, 2.05) is 0 Å². The van der Waals surface area contributed by atoms with Crippen molar-refractivity contribution in [1.82, 2.24) is 5.32 Å². The number of nitrogens with one attached hydrogen (secondary N) is 2. The number of anilines is 1. The van der Waals surface area contributed by atoms with Crippen LogP contribution in [0.4, 0.5) is 10.5 Å². The van der Waals surface area contributed by atoms with Gasteiger partial charge in [-0.1, -0.05) is 22.4 Å². The van der Waals surface area contributed by atoms with Crippen LogP contribution in [-0.4, -0.2) is 23.1 Å². The second-order valence-electron chi connectivity index (χ2n) is 5.87. The summed E-state index contributed by atoms with van der Waals surface area (Å²) >= 11 is 3.29. The maximum absolute atomic E-state index is 12.1. The molecule has 0 saturated heterocycles. The molecule has 1 aromatic carbocycles. The highest BCUT2D eigenvalue weighted by Gasteiger charge is 2.40. The summed E-state index contributed by atoms with van der Waals surface area (Å²) in [7, 11) is 0. The monoisotopic (exact) mass is 352 g/mol. The third kappa shape index (κ3) is 3.05. The fourth-order valence-electron chi connectivity index (χ4n) is 3.55. The fraction of sp³-hybridized carbons (Fsp3) is 0.467. The maximum Gasteiger partial charge on any atom is 0.337 e. The number of carbonyl (C=O) groups excluding carboxylic acids is 1. The molecule has 0 aromatic heterocycles. The van der Waals surface area contributed by atoms with E-state index < -0.39 is 5.97 Å². The van der Waals surface area contributed by atoms with Gasteiger partial charge in [0, 0.05) is 10.5 Å². The van der Waals surface area contributed by atoms with Crippen molar-refractivity contribution < 1.29 is 14.7 Å². The standard InChI is InChI=1S/C15H17BrN2O3/c16-10-3-4-11(14(19)20)13(7-10)18-15(21)17-12-6-8-1-2-9(12)5-8/h3-4,7-9,12H,1-2,5-6H2,(H,19,20)(H2,17,18,21). The molecule has 1 aromatic rings. The average molecular weight is 353 g/mol. The number of carbonyl (C=O) groups is 2. The molecule has 3 rings (SSSR count). The van der Waals surface area contributed by atoms with Gasteiger partial charge < -0.3 is 15.7 Å². The predicted octanol–water partition coefficient (Wildman–Crippen LogP) is 3.46. The van der Waals surface area contributed by atoms with Crippen LogP contribution in [0.1, 0.15) is 36.0 Å². The van der Waals surface area contributed by atoms with Gasteiger partial charge in [0.1, 0.15) is 0 Å². The van der Waals surface area contributed by atoms with Gasteiger partial charge >= 0.3 is 12.0 Å². The first kappa shape index (κ1) is 14.4. The first-order valence-electron chi connectivity index (χ1n) is 7.13. The van der Waals surface area contributed by atoms with E-state index in [9.17, 15) is 9.59 Å². The van der Waals surface area contributed by atoms with Crippen molar-refractivity contribution in [2.45, 2.75) is 31.7 Å². The summed E-state index contributed by atoms with van der Waals surface area (Å²) in [5.41, 5.74) is 0.388. The number of carboxylic acid groups (broad SMARTS) is 1. The zero-order chi connectivity index (χ0) is 15.0. The van der Waals surface area contributed by atoms with E-state index in [0.717, 1.165) is 16.8 Å². The van der Waals surface area contributed by atoms with Crippen molar-refractivity contribution in [3.8, 4) is 0 Å². The van der Waals surface area contributed by atoms with E-state index in [1.165, 1.54) is 25.3 Å². The van der Waals surface area contributed by atoms with Gasteiger partial charge in [0.2, 0.25) is 0 Å². The Balaban J connectivity index is 1.67. The molecule has 0 spiro atoms. The first-order valence-corrected chi connectivity index (χ1v) is 7.92. The fourth-order valence-corrected chi connectivity index (χ4v) is 3.92. The molecule has 2 amide bonds. The number of rotatable bonds is 3. The summed E-state index contributed by atoms with van der Waals surface area (Å²) in [6.07, 6.45) is 4.72. The van der Waals surface area contributed by atoms with Gasteiger partial charge in [-0.15, -0.1) is 0 Å². The molecule has 6 heteroatoms. The molecule has 3 unspecified atom stereocenters. The van der Waals surface area contributed by atoms with Crippen LogP contribution in [0.2, 0.25) is 0 Å². The summed E-state index contributed by atoms with van der Waals surface area (Å²) < 4.78 is 0.725. The van der Waals surface area contributed by atoms with Crippen LogP contribution in [0.15, 0.2) is 22.7 Å². The summed E-state index contributed by atoms with van der Waals surface area (Å²) in [5, 5.41) is 14.8. The van der Waals surface area contributed by atoms with E-state index in [1.54, 1.807) is 12.1 Å². The zero-order valence-corrected chi connectivity index (χ0v) is 13.0. The minimum atomic E-state index is -1.06. The van der Waals surface area contributed by atoms with Gasteiger partial charge in [0.05, 0.1) is 11.3 Å². The van der Waals surface area contributed by atoms with Crippen molar-refractivity contribution in [2.24, 2.45) is 11.8 Å². The van der Waals surface area contributed by atoms with Crippen LogP contribution in [-0.2, 0) is 0 Å². The molecule has 3 atom stereocenters. The van der Waals surface area contributed by atoms with Crippen molar-refractivity contribution >= 4 is 33.6 Å². The van der Waals surface area contributed by atoms with E-state index >= 15 is 0 Å². The van der Waals surface area contributed by atoms with Crippen molar-refractivity contribution in [2.75, 3.05) is 5.32 Å². The third-order valence-electron chi connectivity index (χ3n) is 4.51. The van der Waals surface area contributed by atoms with Crippen LogP contribution in [0, 0.1) is 11.8 Å². The van der Waals surface area contributed by atoms with Gasteiger partial charge in [-0.05, 0) is 49.3 Å². The number of fused-ring (bicyclic) bond motifs is 2. The van der Waals surface area contributed by atoms with Crippen molar-refractivity contribution in [1.29, 1.82) is 0 Å². The SMILES string of the molecule is O=C(Nc1cc(Br)ccc1C(=O)O)NC1CC2CCC1C2. The Bertz CT molecular complexity index is 590. The van der Waals surface area contributed by atoms with E-state index in [2.05, 4.69) is 26.6 Å². The number of urea groups is 1. The highest BCUT2D eigenvalue weighted by molar-refractivity contribution is 9.10. The van der Waals surface area contributed by atoms with Crippen LogP contribution in [0.3, 0.4) is 0 Å². The Labute approximate surface area is 131 Å². The molecular weight excluding hydrogens is 336 g/mol. The van der Waals surface area contributed by atoms with Gasteiger partial charge in [0.25, 0.3) is 0 Å². The topological polar surface area (TPSA) is 78.4 Å². The molecule has 2 saturated carbocycles. The first-order chi connectivity index (χ1) is 10.0.